The lowest BCUT2D eigenvalue weighted by molar-refractivity contribution is -0.148. The number of aliphatic carboxylic acids is 1. The molecule has 4 N–H and O–H groups in total. The molecular formula is C19H24N2O6. The minimum Gasteiger partial charge on any atom is -0.492 e. The summed E-state index contributed by atoms with van der Waals surface area (Å²) in [5, 5.41) is 31.0. The van der Waals surface area contributed by atoms with Crippen LogP contribution in [0.15, 0.2) is 42.5 Å². The van der Waals surface area contributed by atoms with Gasteiger partial charge in [0, 0.05) is 25.1 Å². The summed E-state index contributed by atoms with van der Waals surface area (Å²) in [5.74, 6) is -2.26. The number of nitrogens with zero attached hydrogens (tertiary/aromatic N) is 1. The van der Waals surface area contributed by atoms with Crippen LogP contribution in [0, 0.1) is 0 Å². The first kappa shape index (κ1) is 20.3. The first-order chi connectivity index (χ1) is 13.0. The lowest BCUT2D eigenvalue weighted by atomic mass is 10.1. The van der Waals surface area contributed by atoms with Gasteiger partial charge in [0.1, 0.15) is 6.04 Å². The number of carbonyl (C=O) groups excluding carboxylic acids is 1. The van der Waals surface area contributed by atoms with E-state index in [-0.39, 0.29) is 18.2 Å². The lowest BCUT2D eigenvalue weighted by Crippen LogP contribution is -2.41. The van der Waals surface area contributed by atoms with Gasteiger partial charge in [-0.1, -0.05) is 43.2 Å². The van der Waals surface area contributed by atoms with Crippen LogP contribution in [0.3, 0.4) is 0 Å². The van der Waals surface area contributed by atoms with Gasteiger partial charge in [-0.15, -0.1) is 4.73 Å². The Morgan fingerprint density at radius 3 is 2.30 bits per heavy atom. The van der Waals surface area contributed by atoms with Crippen molar-refractivity contribution in [3.05, 3.63) is 48.0 Å². The number of unbranched alkanes of at least 4 members (excludes halogenated alkanes) is 2. The van der Waals surface area contributed by atoms with E-state index in [9.17, 15) is 19.8 Å². The van der Waals surface area contributed by atoms with Gasteiger partial charge in [-0.3, -0.25) is 4.79 Å². The second-order valence-electron chi connectivity index (χ2n) is 6.17. The van der Waals surface area contributed by atoms with Crippen molar-refractivity contribution < 1.29 is 29.7 Å². The van der Waals surface area contributed by atoms with Crippen molar-refractivity contribution in [3.63, 3.8) is 0 Å². The number of benzene rings is 1. The van der Waals surface area contributed by atoms with Crippen LogP contribution in [0.25, 0.3) is 0 Å². The zero-order valence-electron chi connectivity index (χ0n) is 14.9. The third-order valence-electron chi connectivity index (χ3n) is 4.04. The van der Waals surface area contributed by atoms with Gasteiger partial charge >= 0.3 is 11.9 Å². The number of hydrogen-bond donors (Lipinski definition) is 4. The van der Waals surface area contributed by atoms with E-state index in [0.717, 1.165) is 5.56 Å². The van der Waals surface area contributed by atoms with E-state index in [2.05, 4.69) is 5.32 Å². The van der Waals surface area contributed by atoms with E-state index in [1.54, 1.807) is 0 Å². The molecule has 146 valence electrons. The summed E-state index contributed by atoms with van der Waals surface area (Å²) in [4.78, 5) is 28.1. The summed E-state index contributed by atoms with van der Waals surface area (Å²) in [5.41, 5.74) is 0.993. The molecule has 2 rings (SSSR count). The second kappa shape index (κ2) is 10.2. The molecule has 0 spiro atoms. The molecule has 0 amide bonds. The minimum atomic E-state index is -0.841. The highest BCUT2D eigenvalue weighted by Gasteiger charge is 2.22. The fourth-order valence-electron chi connectivity index (χ4n) is 2.59. The monoisotopic (exact) mass is 376 g/mol. The standard InChI is InChI=1S/C19H24N2O6/c22-16-11-12-17(23)21(16)27-19(26)15(9-5-2-6-10-18(24)25)20-13-14-7-3-1-4-8-14/h1,3-4,7-8,11-12,15,20,22-23H,2,5-6,9-10,13H2,(H,24,25). The third-order valence-corrected chi connectivity index (χ3v) is 4.04. The van der Waals surface area contributed by atoms with Crippen LogP contribution in [-0.4, -0.2) is 38.0 Å². The van der Waals surface area contributed by atoms with Crippen molar-refractivity contribution in [1.82, 2.24) is 10.0 Å². The minimum absolute atomic E-state index is 0.0949. The Kier molecular flexibility index (Phi) is 7.69. The maximum absolute atomic E-state index is 12.5. The number of aromatic nitrogens is 1. The second-order valence-corrected chi connectivity index (χ2v) is 6.17. The summed E-state index contributed by atoms with van der Waals surface area (Å²) in [6.07, 6.45) is 2.38. The molecule has 0 aliphatic carbocycles. The summed E-state index contributed by atoms with van der Waals surface area (Å²) in [7, 11) is 0. The van der Waals surface area contributed by atoms with Crippen molar-refractivity contribution in [2.24, 2.45) is 0 Å². The number of hydrogen-bond acceptors (Lipinski definition) is 6. The highest BCUT2D eigenvalue weighted by Crippen LogP contribution is 2.19. The highest BCUT2D eigenvalue weighted by molar-refractivity contribution is 5.76. The van der Waals surface area contributed by atoms with Gasteiger partial charge in [-0.05, 0) is 18.4 Å². The summed E-state index contributed by atoms with van der Waals surface area (Å²) >= 11 is 0. The fraction of sp³-hybridized carbons (Fsp3) is 0.368. The molecule has 27 heavy (non-hydrogen) atoms. The van der Waals surface area contributed by atoms with Crippen LogP contribution >= 0.6 is 0 Å². The number of carbonyl (C=O) groups is 2. The SMILES string of the molecule is O=C(O)CCCCCC(NCc1ccccc1)C(=O)On1c(O)ccc1O. The number of aromatic hydroxyl groups is 2. The summed E-state index contributed by atoms with van der Waals surface area (Å²) in [6.45, 7) is 0.444. The Hall–Kier alpha value is -3.00. The van der Waals surface area contributed by atoms with Gasteiger partial charge in [-0.2, -0.15) is 0 Å². The molecule has 1 atom stereocenters. The molecular weight excluding hydrogens is 352 g/mol. The predicted octanol–water partition coefficient (Wildman–Crippen LogP) is 2.05. The summed E-state index contributed by atoms with van der Waals surface area (Å²) < 4.78 is 0.657. The van der Waals surface area contributed by atoms with Crippen LogP contribution in [0.2, 0.25) is 0 Å². The smallest absolute Gasteiger partial charge is 0.349 e. The fourth-order valence-corrected chi connectivity index (χ4v) is 2.59. The van der Waals surface area contributed by atoms with Gasteiger partial charge in [0.25, 0.3) is 0 Å². The molecule has 1 heterocycles. The molecule has 2 aromatic rings. The van der Waals surface area contributed by atoms with E-state index in [1.807, 2.05) is 30.3 Å². The van der Waals surface area contributed by atoms with Crippen LogP contribution in [0.4, 0.5) is 0 Å². The van der Waals surface area contributed by atoms with Crippen molar-refractivity contribution in [2.45, 2.75) is 44.7 Å². The molecule has 0 saturated carbocycles. The van der Waals surface area contributed by atoms with E-state index < -0.39 is 18.0 Å². The number of carboxylic acids is 1. The van der Waals surface area contributed by atoms with Crippen LogP contribution < -0.4 is 10.2 Å². The molecule has 1 aromatic heterocycles. The quantitative estimate of drug-likeness (QED) is 0.443. The number of carboxylic acid groups (broad SMARTS) is 1. The predicted molar refractivity (Wildman–Crippen MR) is 97.1 cm³/mol. The van der Waals surface area contributed by atoms with Gasteiger partial charge in [0.2, 0.25) is 11.8 Å². The van der Waals surface area contributed by atoms with Crippen molar-refractivity contribution >= 4 is 11.9 Å². The first-order valence-corrected chi connectivity index (χ1v) is 8.78. The van der Waals surface area contributed by atoms with Gasteiger partial charge < -0.3 is 25.5 Å². The molecule has 8 heteroatoms. The third kappa shape index (κ3) is 6.67. The maximum Gasteiger partial charge on any atom is 0.349 e. The molecule has 0 aliphatic heterocycles. The van der Waals surface area contributed by atoms with Crippen LogP contribution in [0.5, 0.6) is 11.8 Å². The largest absolute Gasteiger partial charge is 0.492 e. The Morgan fingerprint density at radius 2 is 1.67 bits per heavy atom. The molecule has 0 bridgehead atoms. The average Bonchev–Trinajstić information content (AvgIpc) is 2.96. The average molecular weight is 376 g/mol. The Balaban J connectivity index is 1.94. The van der Waals surface area contributed by atoms with Crippen molar-refractivity contribution in [3.8, 4) is 11.8 Å². The van der Waals surface area contributed by atoms with E-state index in [1.165, 1.54) is 12.1 Å². The molecule has 0 saturated heterocycles. The van der Waals surface area contributed by atoms with Gasteiger partial charge in [0.15, 0.2) is 0 Å². The molecule has 0 aliphatic rings. The topological polar surface area (TPSA) is 121 Å². The zero-order chi connectivity index (χ0) is 19.6. The highest BCUT2D eigenvalue weighted by atomic mass is 16.7. The normalized spacial score (nSPS) is 11.9. The molecule has 0 radical (unpaired) electrons. The maximum atomic E-state index is 12.5. The van der Waals surface area contributed by atoms with Gasteiger partial charge in [-0.25, -0.2) is 4.79 Å². The zero-order valence-corrected chi connectivity index (χ0v) is 14.9. The van der Waals surface area contributed by atoms with Crippen molar-refractivity contribution in [1.29, 1.82) is 0 Å². The van der Waals surface area contributed by atoms with Crippen molar-refractivity contribution in [2.75, 3.05) is 0 Å². The summed E-state index contributed by atoms with van der Waals surface area (Å²) in [6, 6.07) is 11.3. The Morgan fingerprint density at radius 1 is 1.00 bits per heavy atom. The number of rotatable bonds is 11. The Labute approximate surface area is 157 Å². The van der Waals surface area contributed by atoms with Crippen LogP contribution in [-0.2, 0) is 16.1 Å². The molecule has 1 unspecified atom stereocenters. The molecule has 0 fully saturated rings. The van der Waals surface area contributed by atoms with E-state index in [4.69, 9.17) is 9.94 Å². The van der Waals surface area contributed by atoms with E-state index >= 15 is 0 Å². The van der Waals surface area contributed by atoms with E-state index in [0.29, 0.717) is 37.0 Å². The molecule has 1 aromatic carbocycles. The first-order valence-electron chi connectivity index (χ1n) is 8.78. The molecule has 8 nitrogen and oxygen atoms in total. The lowest BCUT2D eigenvalue weighted by Gasteiger charge is -2.18. The van der Waals surface area contributed by atoms with Gasteiger partial charge in [0.05, 0.1) is 0 Å². The van der Waals surface area contributed by atoms with Crippen LogP contribution in [0.1, 0.15) is 37.7 Å². The Bertz CT molecular complexity index is 724. The number of nitrogens with one attached hydrogen (secondary N) is 1.